The molecule has 0 aliphatic rings. The summed E-state index contributed by atoms with van der Waals surface area (Å²) >= 11 is 7.93. The van der Waals surface area contributed by atoms with Gasteiger partial charge in [0.05, 0.1) is 0 Å². The van der Waals surface area contributed by atoms with E-state index in [1.807, 2.05) is 24.3 Å². The van der Waals surface area contributed by atoms with Gasteiger partial charge in [-0.25, -0.2) is 4.39 Å². The highest BCUT2D eigenvalue weighted by molar-refractivity contribution is 14.1. The van der Waals surface area contributed by atoms with Gasteiger partial charge in [0.25, 0.3) is 0 Å². The van der Waals surface area contributed by atoms with E-state index in [2.05, 4.69) is 22.6 Å². The van der Waals surface area contributed by atoms with Crippen molar-refractivity contribution in [2.75, 3.05) is 0 Å². The Kier molecular flexibility index (Phi) is 3.26. The Morgan fingerprint density at radius 2 is 1.67 bits per heavy atom. The van der Waals surface area contributed by atoms with Crippen LogP contribution in [0.15, 0.2) is 42.5 Å². The Bertz CT molecular complexity index is 479. The summed E-state index contributed by atoms with van der Waals surface area (Å²) in [5, 5.41) is 0.705. The zero-order valence-electron chi connectivity index (χ0n) is 7.68. The lowest BCUT2D eigenvalue weighted by Crippen LogP contribution is -1.84. The van der Waals surface area contributed by atoms with Crippen LogP contribution in [0.2, 0.25) is 5.02 Å². The van der Waals surface area contributed by atoms with Gasteiger partial charge in [0.2, 0.25) is 0 Å². The molecule has 2 aromatic carbocycles. The topological polar surface area (TPSA) is 0 Å². The van der Waals surface area contributed by atoms with Crippen molar-refractivity contribution in [2.24, 2.45) is 0 Å². The highest BCUT2D eigenvalue weighted by Gasteiger charge is 2.03. The smallest absolute Gasteiger partial charge is 0.124 e. The van der Waals surface area contributed by atoms with Crippen molar-refractivity contribution in [3.8, 4) is 11.1 Å². The van der Waals surface area contributed by atoms with Gasteiger partial charge in [-0.3, -0.25) is 0 Å². The van der Waals surface area contributed by atoms with E-state index >= 15 is 0 Å². The van der Waals surface area contributed by atoms with Crippen molar-refractivity contribution in [3.63, 3.8) is 0 Å². The van der Waals surface area contributed by atoms with Crippen LogP contribution in [-0.2, 0) is 0 Å². The molecule has 0 radical (unpaired) electrons. The van der Waals surface area contributed by atoms with E-state index < -0.39 is 0 Å². The summed E-state index contributed by atoms with van der Waals surface area (Å²) in [6.45, 7) is 0. The van der Waals surface area contributed by atoms with Crippen LogP contribution < -0.4 is 0 Å². The van der Waals surface area contributed by atoms with Gasteiger partial charge in [-0.2, -0.15) is 0 Å². The maximum absolute atomic E-state index is 12.9. The average Bonchev–Trinajstić information content (AvgIpc) is 2.20. The van der Waals surface area contributed by atoms with E-state index in [9.17, 15) is 4.39 Å². The molecule has 0 fully saturated rings. The second-order valence-corrected chi connectivity index (χ2v) is 4.73. The van der Waals surface area contributed by atoms with Crippen LogP contribution in [0.5, 0.6) is 0 Å². The third kappa shape index (κ3) is 2.49. The number of rotatable bonds is 1. The van der Waals surface area contributed by atoms with Gasteiger partial charge in [-0.1, -0.05) is 29.8 Å². The average molecular weight is 333 g/mol. The Balaban J connectivity index is 2.49. The minimum Gasteiger partial charge on any atom is -0.207 e. The summed E-state index contributed by atoms with van der Waals surface area (Å²) in [7, 11) is 0. The fourth-order valence-electron chi connectivity index (χ4n) is 1.35. The molecule has 2 aromatic rings. The Labute approximate surface area is 106 Å². The van der Waals surface area contributed by atoms with Gasteiger partial charge in [-0.05, 0) is 58.0 Å². The van der Waals surface area contributed by atoms with Crippen molar-refractivity contribution < 1.29 is 4.39 Å². The minimum absolute atomic E-state index is 0.211. The normalized spacial score (nSPS) is 10.3. The molecule has 0 N–H and O–H groups in total. The molecule has 76 valence electrons. The summed E-state index contributed by atoms with van der Waals surface area (Å²) in [6.07, 6.45) is 0. The molecule has 0 atom stereocenters. The van der Waals surface area contributed by atoms with E-state index in [0.717, 1.165) is 14.7 Å². The molecular weight excluding hydrogens is 325 g/mol. The third-order valence-electron chi connectivity index (χ3n) is 2.09. The van der Waals surface area contributed by atoms with Crippen LogP contribution in [0.1, 0.15) is 0 Å². The Morgan fingerprint density at radius 1 is 1.00 bits per heavy atom. The molecule has 0 heterocycles. The molecule has 0 aromatic heterocycles. The molecule has 0 amide bonds. The lowest BCUT2D eigenvalue weighted by Gasteiger charge is -2.04. The molecule has 0 saturated heterocycles. The van der Waals surface area contributed by atoms with Crippen LogP contribution >= 0.6 is 34.2 Å². The number of hydrogen-bond acceptors (Lipinski definition) is 0. The van der Waals surface area contributed by atoms with Crippen molar-refractivity contribution in [3.05, 3.63) is 56.9 Å². The number of hydrogen-bond donors (Lipinski definition) is 0. The van der Waals surface area contributed by atoms with Gasteiger partial charge in [0.15, 0.2) is 0 Å². The molecule has 3 heteroatoms. The summed E-state index contributed by atoms with van der Waals surface area (Å²) in [5.74, 6) is -0.211. The summed E-state index contributed by atoms with van der Waals surface area (Å²) in [4.78, 5) is 0. The van der Waals surface area contributed by atoms with Gasteiger partial charge in [0.1, 0.15) is 5.82 Å². The molecule has 15 heavy (non-hydrogen) atoms. The van der Waals surface area contributed by atoms with Crippen LogP contribution in [0.3, 0.4) is 0 Å². The van der Waals surface area contributed by atoms with Gasteiger partial charge in [0, 0.05) is 8.59 Å². The maximum Gasteiger partial charge on any atom is 0.124 e. The lowest BCUT2D eigenvalue weighted by atomic mass is 10.1. The second-order valence-electron chi connectivity index (χ2n) is 3.13. The molecule has 0 saturated carbocycles. The highest BCUT2D eigenvalue weighted by atomic mass is 127. The first-order chi connectivity index (χ1) is 7.16. The third-order valence-corrected chi connectivity index (χ3v) is 3.23. The zero-order valence-corrected chi connectivity index (χ0v) is 10.6. The quantitative estimate of drug-likeness (QED) is 0.661. The number of benzene rings is 2. The van der Waals surface area contributed by atoms with Crippen LogP contribution in [0.25, 0.3) is 11.1 Å². The molecule has 0 aliphatic heterocycles. The molecule has 0 spiro atoms. The van der Waals surface area contributed by atoms with E-state index in [1.165, 1.54) is 12.1 Å². The Hall–Kier alpha value is -0.610. The van der Waals surface area contributed by atoms with Crippen LogP contribution in [0.4, 0.5) is 4.39 Å². The summed E-state index contributed by atoms with van der Waals surface area (Å²) in [6, 6.07) is 12.3. The first-order valence-electron chi connectivity index (χ1n) is 4.38. The Morgan fingerprint density at radius 3 is 2.27 bits per heavy atom. The highest BCUT2D eigenvalue weighted by Crippen LogP contribution is 2.26. The SMILES string of the molecule is Fc1ccc(-c2ccc(Cl)cc2)c(I)c1. The summed E-state index contributed by atoms with van der Waals surface area (Å²) < 4.78 is 13.8. The molecule has 2 rings (SSSR count). The monoisotopic (exact) mass is 332 g/mol. The maximum atomic E-state index is 12.9. The largest absolute Gasteiger partial charge is 0.207 e. The van der Waals surface area contributed by atoms with E-state index in [0.29, 0.717) is 5.02 Å². The van der Waals surface area contributed by atoms with E-state index in [4.69, 9.17) is 11.6 Å². The fourth-order valence-corrected chi connectivity index (χ4v) is 2.27. The van der Waals surface area contributed by atoms with E-state index in [-0.39, 0.29) is 5.82 Å². The minimum atomic E-state index is -0.211. The van der Waals surface area contributed by atoms with Crippen molar-refractivity contribution >= 4 is 34.2 Å². The van der Waals surface area contributed by atoms with Gasteiger partial charge >= 0.3 is 0 Å². The summed E-state index contributed by atoms with van der Waals surface area (Å²) in [5.41, 5.74) is 2.07. The molecule has 0 unspecified atom stereocenters. The fraction of sp³-hybridized carbons (Fsp3) is 0. The second kappa shape index (κ2) is 4.49. The first-order valence-corrected chi connectivity index (χ1v) is 5.83. The van der Waals surface area contributed by atoms with E-state index in [1.54, 1.807) is 6.07 Å². The zero-order chi connectivity index (χ0) is 10.8. The standard InChI is InChI=1S/C12H7ClFI/c13-9-3-1-8(2-4-9)11-6-5-10(14)7-12(11)15/h1-7H. The van der Waals surface area contributed by atoms with Gasteiger partial charge in [-0.15, -0.1) is 0 Å². The van der Waals surface area contributed by atoms with Crippen LogP contribution in [-0.4, -0.2) is 0 Å². The van der Waals surface area contributed by atoms with Crippen molar-refractivity contribution in [1.82, 2.24) is 0 Å². The lowest BCUT2D eigenvalue weighted by molar-refractivity contribution is 0.627. The molecular formula is C12H7ClFI. The van der Waals surface area contributed by atoms with Crippen molar-refractivity contribution in [2.45, 2.75) is 0 Å². The van der Waals surface area contributed by atoms with Crippen LogP contribution in [0, 0.1) is 9.39 Å². The van der Waals surface area contributed by atoms with Gasteiger partial charge < -0.3 is 0 Å². The molecule has 0 bridgehead atoms. The van der Waals surface area contributed by atoms with Crippen molar-refractivity contribution in [1.29, 1.82) is 0 Å². The predicted octanol–water partition coefficient (Wildman–Crippen LogP) is 4.75. The molecule has 0 nitrogen and oxygen atoms in total. The molecule has 0 aliphatic carbocycles. The first kappa shape index (κ1) is 10.9. The number of halogens is 3. The predicted molar refractivity (Wildman–Crippen MR) is 69.6 cm³/mol.